The molecule has 0 aliphatic heterocycles. The highest BCUT2D eigenvalue weighted by molar-refractivity contribution is 7.98. The van der Waals surface area contributed by atoms with Crippen LogP contribution in [0, 0.1) is 5.92 Å². The molecule has 0 fully saturated rings. The summed E-state index contributed by atoms with van der Waals surface area (Å²) in [5.41, 5.74) is 5.95. The standard InChI is InChI=1S/C17H34N4O3S/c1-12(2)11-14(15(23)18-8-9-22)19-16(24)13(7-10-25-6)20-21-17(3,4)5/h9,12-14,20-21H,7-8,10-11H2,1-6H3,(H,18,23)(H,19,24)/t13-,14?/m0/s1/i9D. The normalized spacial score (nSPS) is 14.6. The summed E-state index contributed by atoms with van der Waals surface area (Å²) in [6.07, 6.45) is 2.16. The summed E-state index contributed by atoms with van der Waals surface area (Å²) in [6.45, 7) is 9.49. The Balaban J connectivity index is 4.99. The molecule has 0 radical (unpaired) electrons. The molecule has 0 aliphatic rings. The second-order valence-electron chi connectivity index (χ2n) is 7.41. The van der Waals surface area contributed by atoms with Crippen LogP contribution in [-0.2, 0) is 14.4 Å². The molecule has 8 heteroatoms. The third-order valence-electron chi connectivity index (χ3n) is 3.22. The summed E-state index contributed by atoms with van der Waals surface area (Å²) >= 11 is 1.64. The summed E-state index contributed by atoms with van der Waals surface area (Å²) in [7, 11) is 0. The Bertz CT molecular complexity index is 469. The van der Waals surface area contributed by atoms with Crippen LogP contribution in [-0.4, -0.2) is 54.3 Å². The Kier molecular flexibility index (Phi) is 10.8. The van der Waals surface area contributed by atoms with Gasteiger partial charge >= 0.3 is 0 Å². The zero-order chi connectivity index (χ0) is 20.3. The van der Waals surface area contributed by atoms with Crippen molar-refractivity contribution in [3.8, 4) is 0 Å². The van der Waals surface area contributed by atoms with Crippen molar-refractivity contribution in [3.63, 3.8) is 0 Å². The lowest BCUT2D eigenvalue weighted by atomic mass is 10.0. The van der Waals surface area contributed by atoms with Gasteiger partial charge in [0.1, 0.15) is 19.7 Å². The minimum absolute atomic E-state index is 0.183. The number of thioether (sulfide) groups is 1. The van der Waals surface area contributed by atoms with Gasteiger partial charge in [-0.1, -0.05) is 13.8 Å². The first-order valence-electron chi connectivity index (χ1n) is 9.05. The fourth-order valence-corrected chi connectivity index (χ4v) is 2.50. The average molecular weight is 376 g/mol. The maximum atomic E-state index is 12.7. The van der Waals surface area contributed by atoms with Crippen molar-refractivity contribution in [2.45, 2.75) is 65.1 Å². The molecule has 146 valence electrons. The zero-order valence-electron chi connectivity index (χ0n) is 17.2. The highest BCUT2D eigenvalue weighted by atomic mass is 32.2. The van der Waals surface area contributed by atoms with Gasteiger partial charge in [-0.2, -0.15) is 11.8 Å². The molecule has 2 atom stereocenters. The third kappa shape index (κ3) is 12.0. The van der Waals surface area contributed by atoms with Gasteiger partial charge in [0.15, 0.2) is 0 Å². The number of amides is 2. The van der Waals surface area contributed by atoms with Crippen molar-refractivity contribution in [1.82, 2.24) is 21.5 Å². The maximum Gasteiger partial charge on any atom is 0.242 e. The molecule has 0 bridgehead atoms. The van der Waals surface area contributed by atoms with Crippen LogP contribution < -0.4 is 21.5 Å². The minimum Gasteiger partial charge on any atom is -0.348 e. The van der Waals surface area contributed by atoms with Crippen molar-refractivity contribution in [3.05, 3.63) is 0 Å². The summed E-state index contributed by atoms with van der Waals surface area (Å²) in [5, 5.41) is 5.18. The van der Waals surface area contributed by atoms with E-state index in [-0.39, 0.29) is 23.9 Å². The van der Waals surface area contributed by atoms with Crippen molar-refractivity contribution in [2.24, 2.45) is 5.92 Å². The Morgan fingerprint density at radius 2 is 1.84 bits per heavy atom. The summed E-state index contributed by atoms with van der Waals surface area (Å²) in [6, 6.07) is -1.22. The molecular formula is C17H34N4O3S. The number of rotatable bonds is 12. The average Bonchev–Trinajstić information content (AvgIpc) is 2.50. The van der Waals surface area contributed by atoms with Crippen LogP contribution in [0.3, 0.4) is 0 Å². The SMILES string of the molecule is [2H]C(=O)CNC(=O)C(CC(C)C)NC(=O)[C@H](CCSC)NNC(C)(C)C. The molecule has 25 heavy (non-hydrogen) atoms. The fraction of sp³-hybridized carbons (Fsp3) is 0.824. The lowest BCUT2D eigenvalue weighted by Gasteiger charge is -2.28. The van der Waals surface area contributed by atoms with Gasteiger partial charge in [0, 0.05) is 5.54 Å². The highest BCUT2D eigenvalue weighted by Crippen LogP contribution is 2.07. The largest absolute Gasteiger partial charge is 0.348 e. The van der Waals surface area contributed by atoms with E-state index in [9.17, 15) is 14.4 Å². The van der Waals surface area contributed by atoms with Crippen molar-refractivity contribution >= 4 is 29.8 Å². The second kappa shape index (κ2) is 12.3. The van der Waals surface area contributed by atoms with Crippen LogP contribution in [0.15, 0.2) is 0 Å². The van der Waals surface area contributed by atoms with Crippen molar-refractivity contribution in [1.29, 1.82) is 0 Å². The number of aldehydes is 1. The number of carbonyl (C=O) groups excluding carboxylic acids is 3. The van der Waals surface area contributed by atoms with E-state index >= 15 is 0 Å². The summed E-state index contributed by atoms with van der Waals surface area (Å²) < 4.78 is 6.89. The quantitative estimate of drug-likeness (QED) is 0.298. The molecule has 0 rings (SSSR count). The van der Waals surface area contributed by atoms with Gasteiger partial charge in [0.2, 0.25) is 11.8 Å². The highest BCUT2D eigenvalue weighted by Gasteiger charge is 2.26. The van der Waals surface area contributed by atoms with Gasteiger partial charge in [0.05, 0.1) is 6.54 Å². The minimum atomic E-state index is -0.873. The van der Waals surface area contributed by atoms with Crippen LogP contribution in [0.25, 0.3) is 0 Å². The molecule has 7 nitrogen and oxygen atoms in total. The molecule has 4 N–H and O–H groups in total. The van der Waals surface area contributed by atoms with Crippen LogP contribution in [0.4, 0.5) is 0 Å². The molecule has 0 aromatic heterocycles. The zero-order valence-corrected chi connectivity index (χ0v) is 17.0. The first kappa shape index (κ1) is 21.9. The van der Waals surface area contributed by atoms with E-state index in [1.165, 1.54) is 0 Å². The summed E-state index contributed by atoms with van der Waals surface area (Å²) in [5.74, 6) is 0.266. The Morgan fingerprint density at radius 1 is 1.20 bits per heavy atom. The lowest BCUT2D eigenvalue weighted by molar-refractivity contribution is -0.131. The van der Waals surface area contributed by atoms with E-state index in [1.54, 1.807) is 11.8 Å². The molecule has 0 spiro atoms. The van der Waals surface area contributed by atoms with Gasteiger partial charge in [-0.3, -0.25) is 15.0 Å². The predicted molar refractivity (Wildman–Crippen MR) is 103 cm³/mol. The smallest absolute Gasteiger partial charge is 0.242 e. The molecule has 2 amide bonds. The van der Waals surface area contributed by atoms with E-state index < -0.39 is 24.3 Å². The van der Waals surface area contributed by atoms with Crippen molar-refractivity contribution in [2.75, 3.05) is 18.6 Å². The summed E-state index contributed by atoms with van der Waals surface area (Å²) in [4.78, 5) is 35.7. The molecule has 0 aromatic rings. The van der Waals surface area contributed by atoms with Gasteiger partial charge in [-0.25, -0.2) is 5.43 Å². The van der Waals surface area contributed by atoms with E-state index in [2.05, 4.69) is 21.5 Å². The Hall–Kier alpha value is -1.12. The van der Waals surface area contributed by atoms with E-state index in [0.717, 1.165) is 5.75 Å². The van der Waals surface area contributed by atoms with Crippen LogP contribution in [0.1, 0.15) is 48.8 Å². The Labute approximate surface area is 157 Å². The van der Waals surface area contributed by atoms with Crippen molar-refractivity contribution < 1.29 is 15.8 Å². The van der Waals surface area contributed by atoms with E-state index in [4.69, 9.17) is 1.37 Å². The first-order chi connectivity index (χ1) is 12.0. The molecule has 0 heterocycles. The molecule has 0 saturated heterocycles. The Morgan fingerprint density at radius 3 is 2.32 bits per heavy atom. The lowest BCUT2D eigenvalue weighted by Crippen LogP contribution is -2.58. The number of hydrogen-bond donors (Lipinski definition) is 4. The van der Waals surface area contributed by atoms with Crippen LogP contribution in [0.5, 0.6) is 0 Å². The number of hydrazine groups is 1. The van der Waals surface area contributed by atoms with E-state index in [0.29, 0.717) is 12.8 Å². The van der Waals surface area contributed by atoms with Gasteiger partial charge < -0.3 is 15.4 Å². The molecule has 1 unspecified atom stereocenters. The number of nitrogens with one attached hydrogen (secondary N) is 4. The van der Waals surface area contributed by atoms with Gasteiger partial charge in [-0.05, 0) is 51.5 Å². The molecule has 0 aromatic carbocycles. The first-order valence-corrected chi connectivity index (χ1v) is 9.94. The molecular weight excluding hydrogens is 340 g/mol. The third-order valence-corrected chi connectivity index (χ3v) is 3.87. The second-order valence-corrected chi connectivity index (χ2v) is 8.39. The van der Waals surface area contributed by atoms with Crippen LogP contribution in [0.2, 0.25) is 0 Å². The fourth-order valence-electron chi connectivity index (χ4n) is 2.03. The predicted octanol–water partition coefficient (Wildman–Crippen LogP) is 0.847. The molecule has 0 aliphatic carbocycles. The number of carbonyl (C=O) groups is 3. The van der Waals surface area contributed by atoms with Gasteiger partial charge in [0.25, 0.3) is 0 Å². The van der Waals surface area contributed by atoms with Crippen LogP contribution >= 0.6 is 11.8 Å². The molecule has 0 saturated carbocycles. The van der Waals surface area contributed by atoms with E-state index in [1.807, 2.05) is 40.9 Å². The maximum absolute atomic E-state index is 12.7. The topological polar surface area (TPSA) is 99.3 Å². The monoisotopic (exact) mass is 375 g/mol. The van der Waals surface area contributed by atoms with Gasteiger partial charge in [-0.15, -0.1) is 0 Å². The number of hydrogen-bond acceptors (Lipinski definition) is 6.